The van der Waals surface area contributed by atoms with Crippen LogP contribution in [0.4, 0.5) is 0 Å². The van der Waals surface area contributed by atoms with Crippen molar-refractivity contribution >= 4 is 0 Å². The van der Waals surface area contributed by atoms with Crippen molar-refractivity contribution < 1.29 is 9.84 Å². The summed E-state index contributed by atoms with van der Waals surface area (Å²) in [6.45, 7) is 3.86. The Morgan fingerprint density at radius 1 is 1.56 bits per heavy atom. The molecule has 1 aromatic rings. The third kappa shape index (κ3) is 2.02. The van der Waals surface area contributed by atoms with E-state index in [0.29, 0.717) is 6.61 Å². The second-order valence-electron chi connectivity index (χ2n) is 4.25. The Balaban J connectivity index is 2.00. The van der Waals surface area contributed by atoms with Crippen LogP contribution in [0.1, 0.15) is 17.9 Å². The summed E-state index contributed by atoms with van der Waals surface area (Å²) < 4.78 is 5.18. The molecule has 0 aliphatic heterocycles. The molecule has 1 fully saturated rings. The maximum atomic E-state index is 9.82. The molecule has 0 amide bonds. The average molecular weight is 219 g/mol. The molecule has 0 aromatic heterocycles. The van der Waals surface area contributed by atoms with Crippen LogP contribution in [0.25, 0.3) is 0 Å². The first kappa shape index (κ1) is 11.3. The number of hydrogen-bond acceptors (Lipinski definition) is 3. The lowest BCUT2D eigenvalue weighted by Crippen LogP contribution is -2.40. The SMILES string of the molecule is C=CCOC(O)C1(N)CC1c1ccccc1. The van der Waals surface area contributed by atoms with Gasteiger partial charge in [0.1, 0.15) is 0 Å². The molecule has 1 aromatic carbocycles. The molecule has 3 atom stereocenters. The first-order valence-electron chi connectivity index (χ1n) is 5.43. The lowest BCUT2D eigenvalue weighted by atomic mass is 10.1. The minimum Gasteiger partial charge on any atom is -0.366 e. The predicted octanol–water partition coefficient (Wildman–Crippen LogP) is 1.39. The number of benzene rings is 1. The van der Waals surface area contributed by atoms with Gasteiger partial charge in [-0.3, -0.25) is 0 Å². The molecule has 2 rings (SSSR count). The normalized spacial score (nSPS) is 29.8. The first-order valence-corrected chi connectivity index (χ1v) is 5.43. The van der Waals surface area contributed by atoms with E-state index < -0.39 is 11.8 Å². The van der Waals surface area contributed by atoms with Gasteiger partial charge in [-0.25, -0.2) is 0 Å². The largest absolute Gasteiger partial charge is 0.366 e. The summed E-state index contributed by atoms with van der Waals surface area (Å²) in [4.78, 5) is 0. The molecule has 3 heteroatoms. The summed E-state index contributed by atoms with van der Waals surface area (Å²) in [7, 11) is 0. The first-order chi connectivity index (χ1) is 7.68. The number of aliphatic hydroxyl groups is 1. The molecule has 1 aliphatic rings. The number of ether oxygens (including phenoxy) is 1. The van der Waals surface area contributed by atoms with E-state index in [1.165, 1.54) is 0 Å². The van der Waals surface area contributed by atoms with Crippen LogP contribution < -0.4 is 5.73 Å². The minimum absolute atomic E-state index is 0.188. The molecule has 1 aliphatic carbocycles. The van der Waals surface area contributed by atoms with Crippen molar-refractivity contribution in [2.45, 2.75) is 24.2 Å². The summed E-state index contributed by atoms with van der Waals surface area (Å²) in [5.41, 5.74) is 6.62. The predicted molar refractivity (Wildman–Crippen MR) is 62.9 cm³/mol. The van der Waals surface area contributed by atoms with Gasteiger partial charge in [0.05, 0.1) is 12.1 Å². The zero-order chi connectivity index (χ0) is 11.6. The maximum absolute atomic E-state index is 9.82. The lowest BCUT2D eigenvalue weighted by Gasteiger charge is -2.19. The van der Waals surface area contributed by atoms with Gasteiger partial charge in [-0.2, -0.15) is 0 Å². The highest BCUT2D eigenvalue weighted by Gasteiger charge is 2.57. The van der Waals surface area contributed by atoms with Crippen molar-refractivity contribution in [2.75, 3.05) is 6.61 Å². The van der Waals surface area contributed by atoms with E-state index in [1.807, 2.05) is 30.3 Å². The molecule has 3 unspecified atom stereocenters. The van der Waals surface area contributed by atoms with Crippen molar-refractivity contribution in [3.05, 3.63) is 48.6 Å². The fourth-order valence-electron chi connectivity index (χ4n) is 2.00. The molecule has 3 nitrogen and oxygen atoms in total. The van der Waals surface area contributed by atoms with Gasteiger partial charge in [0.2, 0.25) is 0 Å². The zero-order valence-electron chi connectivity index (χ0n) is 9.17. The van der Waals surface area contributed by atoms with E-state index in [2.05, 4.69) is 6.58 Å². The van der Waals surface area contributed by atoms with E-state index in [4.69, 9.17) is 10.5 Å². The summed E-state index contributed by atoms with van der Waals surface area (Å²) in [5.74, 6) is 0.188. The highest BCUT2D eigenvalue weighted by Crippen LogP contribution is 2.51. The second-order valence-corrected chi connectivity index (χ2v) is 4.25. The Morgan fingerprint density at radius 3 is 2.88 bits per heavy atom. The second kappa shape index (κ2) is 4.37. The van der Waals surface area contributed by atoms with Gasteiger partial charge in [0.25, 0.3) is 0 Å². The summed E-state index contributed by atoms with van der Waals surface area (Å²) >= 11 is 0. The Morgan fingerprint density at radius 2 is 2.25 bits per heavy atom. The quantitative estimate of drug-likeness (QED) is 0.581. The molecule has 0 saturated heterocycles. The van der Waals surface area contributed by atoms with E-state index in [9.17, 15) is 5.11 Å². The highest BCUT2D eigenvalue weighted by atomic mass is 16.6. The monoisotopic (exact) mass is 219 g/mol. The molecule has 0 radical (unpaired) electrons. The van der Waals surface area contributed by atoms with Gasteiger partial charge < -0.3 is 15.6 Å². The van der Waals surface area contributed by atoms with Crippen LogP contribution in [-0.4, -0.2) is 23.5 Å². The molecule has 0 bridgehead atoms. The average Bonchev–Trinajstić information content (AvgIpc) is 3.01. The van der Waals surface area contributed by atoms with Gasteiger partial charge >= 0.3 is 0 Å². The Kier molecular flexibility index (Phi) is 3.10. The number of nitrogens with two attached hydrogens (primary N) is 1. The number of hydrogen-bond donors (Lipinski definition) is 2. The van der Waals surface area contributed by atoms with Crippen molar-refractivity contribution in [1.82, 2.24) is 0 Å². The van der Waals surface area contributed by atoms with Gasteiger partial charge in [-0.05, 0) is 12.0 Å². The molecule has 0 spiro atoms. The van der Waals surface area contributed by atoms with Gasteiger partial charge in [0, 0.05) is 5.92 Å². The Labute approximate surface area is 95.5 Å². The molecule has 86 valence electrons. The van der Waals surface area contributed by atoms with E-state index in [-0.39, 0.29) is 5.92 Å². The fourth-order valence-corrected chi connectivity index (χ4v) is 2.00. The third-order valence-corrected chi connectivity index (χ3v) is 3.08. The van der Waals surface area contributed by atoms with Gasteiger partial charge in [-0.1, -0.05) is 36.4 Å². The molecule has 3 N–H and O–H groups in total. The van der Waals surface area contributed by atoms with Crippen molar-refractivity contribution in [2.24, 2.45) is 5.73 Å². The van der Waals surface area contributed by atoms with Crippen molar-refractivity contribution in [3.63, 3.8) is 0 Å². The Bertz CT molecular complexity index is 365. The third-order valence-electron chi connectivity index (χ3n) is 3.08. The van der Waals surface area contributed by atoms with Crippen molar-refractivity contribution in [1.29, 1.82) is 0 Å². The van der Waals surface area contributed by atoms with E-state index in [0.717, 1.165) is 12.0 Å². The maximum Gasteiger partial charge on any atom is 0.173 e. The van der Waals surface area contributed by atoms with Crippen LogP contribution in [0.5, 0.6) is 0 Å². The zero-order valence-corrected chi connectivity index (χ0v) is 9.17. The minimum atomic E-state index is -0.921. The van der Waals surface area contributed by atoms with Crippen LogP contribution >= 0.6 is 0 Å². The van der Waals surface area contributed by atoms with Gasteiger partial charge in [0.15, 0.2) is 6.29 Å². The van der Waals surface area contributed by atoms with Gasteiger partial charge in [-0.15, -0.1) is 6.58 Å². The Hall–Kier alpha value is -1.16. The van der Waals surface area contributed by atoms with E-state index >= 15 is 0 Å². The number of rotatable bonds is 5. The van der Waals surface area contributed by atoms with Crippen LogP contribution in [0.2, 0.25) is 0 Å². The molecular formula is C13H17NO2. The van der Waals surface area contributed by atoms with Crippen LogP contribution in [0.15, 0.2) is 43.0 Å². The summed E-state index contributed by atoms with van der Waals surface area (Å²) in [6.07, 6.45) is 1.44. The molecule has 16 heavy (non-hydrogen) atoms. The highest BCUT2D eigenvalue weighted by molar-refractivity contribution is 5.33. The van der Waals surface area contributed by atoms with E-state index in [1.54, 1.807) is 6.08 Å². The molecule has 1 saturated carbocycles. The standard InChI is InChI=1S/C13H17NO2/c1-2-8-16-12(15)13(14)9-11(13)10-6-4-3-5-7-10/h2-7,11-12,15H,1,8-9,14H2. The lowest BCUT2D eigenvalue weighted by molar-refractivity contribution is -0.112. The summed E-state index contributed by atoms with van der Waals surface area (Å²) in [5, 5.41) is 9.82. The molecule has 0 heterocycles. The summed E-state index contributed by atoms with van der Waals surface area (Å²) in [6, 6.07) is 9.98. The fraction of sp³-hybridized carbons (Fsp3) is 0.385. The van der Waals surface area contributed by atoms with Crippen LogP contribution in [-0.2, 0) is 4.74 Å². The molecular weight excluding hydrogens is 202 g/mol. The number of aliphatic hydroxyl groups excluding tert-OH is 1. The smallest absolute Gasteiger partial charge is 0.173 e. The van der Waals surface area contributed by atoms with Crippen LogP contribution in [0, 0.1) is 0 Å². The topological polar surface area (TPSA) is 55.5 Å². The van der Waals surface area contributed by atoms with Crippen LogP contribution in [0.3, 0.4) is 0 Å². The van der Waals surface area contributed by atoms with Crippen molar-refractivity contribution in [3.8, 4) is 0 Å².